The second-order valence-corrected chi connectivity index (χ2v) is 25.0. The molecule has 3 aliphatic rings. The highest BCUT2D eigenvalue weighted by Crippen LogP contribution is 2.32. The number of halogens is 2. The highest BCUT2D eigenvalue weighted by Gasteiger charge is 2.47. The van der Waals surface area contributed by atoms with Crippen LogP contribution in [0.25, 0.3) is 10.9 Å². The third-order valence-electron chi connectivity index (χ3n) is 16.6. The third kappa shape index (κ3) is 26.6. The van der Waals surface area contributed by atoms with Crippen molar-refractivity contribution in [2.24, 2.45) is 5.92 Å². The van der Waals surface area contributed by atoms with Crippen LogP contribution in [0, 0.1) is 24.2 Å². The highest BCUT2D eigenvalue weighted by molar-refractivity contribution is 7.99. The number of carbonyl (C=O) groups excluding carboxylic acids is 6. The van der Waals surface area contributed by atoms with Crippen molar-refractivity contribution < 1.29 is 72.0 Å². The van der Waals surface area contributed by atoms with E-state index in [0.717, 1.165) is 49.0 Å². The molecule has 6 amide bonds. The first-order valence-corrected chi connectivity index (χ1v) is 32.9. The van der Waals surface area contributed by atoms with Crippen LogP contribution in [0.3, 0.4) is 0 Å². The molecule has 1 aromatic heterocycles. The van der Waals surface area contributed by atoms with Crippen LogP contribution in [0.1, 0.15) is 98.5 Å². The van der Waals surface area contributed by atoms with E-state index in [-0.39, 0.29) is 102 Å². The molecule has 92 heavy (non-hydrogen) atoms. The fourth-order valence-electron chi connectivity index (χ4n) is 11.4. The summed E-state index contributed by atoms with van der Waals surface area (Å²) in [5, 5.41) is 49.9. The van der Waals surface area contributed by atoms with E-state index in [0.29, 0.717) is 99.6 Å². The molecule has 0 spiro atoms. The predicted octanol–water partition coefficient (Wildman–Crippen LogP) is 3.33. The Morgan fingerprint density at radius 2 is 1.34 bits per heavy atom. The number of rotatable bonds is 34. The van der Waals surface area contributed by atoms with Gasteiger partial charge < -0.3 is 51.1 Å². The molecule has 2 aromatic carbocycles. The van der Waals surface area contributed by atoms with Crippen LogP contribution in [0.2, 0.25) is 0 Å². The van der Waals surface area contributed by atoms with Crippen LogP contribution in [-0.2, 0) is 44.8 Å². The molecule has 25 nitrogen and oxygen atoms in total. The summed E-state index contributed by atoms with van der Waals surface area (Å²) in [6.45, 7) is 3.67. The number of unbranched alkanes of at least 4 members (excludes halogenated alkanes) is 3. The number of nitrogens with zero attached hydrogens (tertiary/aromatic N) is 8. The zero-order chi connectivity index (χ0) is 66.4. The van der Waals surface area contributed by atoms with Crippen molar-refractivity contribution in [3.05, 3.63) is 71.4 Å². The summed E-state index contributed by atoms with van der Waals surface area (Å²) in [5.41, 5.74) is 3.07. The van der Waals surface area contributed by atoms with Gasteiger partial charge in [0.2, 0.25) is 29.5 Å². The van der Waals surface area contributed by atoms with E-state index in [1.165, 1.54) is 29.6 Å². The molecule has 504 valence electrons. The van der Waals surface area contributed by atoms with E-state index in [4.69, 9.17) is 4.74 Å². The third-order valence-corrected chi connectivity index (χ3v) is 17.6. The van der Waals surface area contributed by atoms with Crippen molar-refractivity contribution in [3.8, 4) is 11.8 Å². The van der Waals surface area contributed by atoms with Crippen molar-refractivity contribution >= 4 is 76.0 Å². The zero-order valence-electron chi connectivity index (χ0n) is 52.6. The average Bonchev–Trinajstić information content (AvgIpc) is 1.26. The summed E-state index contributed by atoms with van der Waals surface area (Å²) < 4.78 is 33.9. The SMILES string of the molecule is Cc1ccc(CCCC(=O)NCCSC[C@H](NC(=O)CN2CCN(CC(=O)O)CCN(CC(=O)O)CCN(CC(=O)O)CC2)C(=O)NCCCCCC(=O)N2CCC(CCCCOc3ccc4nccc(C(=O)NCC(=O)N5CC(F)(F)C[C@@H]5C#N)c4c3)CC2)cc1. The Morgan fingerprint density at radius 1 is 0.707 bits per heavy atom. The van der Waals surface area contributed by atoms with Crippen LogP contribution in [0.15, 0.2) is 54.7 Å². The first-order valence-electron chi connectivity index (χ1n) is 31.8. The molecule has 28 heteroatoms. The molecule has 4 heterocycles. The molecule has 0 unspecified atom stereocenters. The lowest BCUT2D eigenvalue weighted by Crippen LogP contribution is -2.53. The minimum absolute atomic E-state index is 0.0803. The number of carboxylic acid groups (broad SMARTS) is 3. The maximum atomic E-state index is 13.9. The smallest absolute Gasteiger partial charge is 0.317 e. The molecule has 3 aromatic rings. The fourth-order valence-corrected chi connectivity index (χ4v) is 12.3. The number of carboxylic acids is 3. The number of hydrogen-bond acceptors (Lipinski definition) is 17. The number of pyridine rings is 1. The molecule has 0 saturated carbocycles. The summed E-state index contributed by atoms with van der Waals surface area (Å²) in [4.78, 5) is 129. The number of ether oxygens (including phenoxy) is 1. The molecular weight excluding hydrogens is 1210 g/mol. The van der Waals surface area contributed by atoms with E-state index in [1.807, 2.05) is 24.0 Å². The van der Waals surface area contributed by atoms with Crippen molar-refractivity contribution in [1.29, 1.82) is 5.26 Å². The number of carbonyl (C=O) groups is 9. The van der Waals surface area contributed by atoms with Gasteiger partial charge in [0, 0.05) is 121 Å². The van der Waals surface area contributed by atoms with E-state index in [9.17, 15) is 72.5 Å². The molecule has 3 aliphatic heterocycles. The van der Waals surface area contributed by atoms with E-state index in [1.54, 1.807) is 43.9 Å². The Balaban J connectivity index is 0.908. The highest BCUT2D eigenvalue weighted by atomic mass is 32.2. The Kier molecular flexibility index (Phi) is 30.7. The second-order valence-electron chi connectivity index (χ2n) is 23.9. The maximum absolute atomic E-state index is 13.9. The monoisotopic (exact) mass is 1300 g/mol. The first kappa shape index (κ1) is 73.5. The molecule has 6 rings (SSSR count). The van der Waals surface area contributed by atoms with Crippen LogP contribution in [0.5, 0.6) is 5.75 Å². The Morgan fingerprint density at radius 3 is 1.96 bits per heavy atom. The maximum Gasteiger partial charge on any atom is 0.317 e. The van der Waals surface area contributed by atoms with Crippen molar-refractivity contribution in [1.82, 2.24) is 55.7 Å². The quantitative estimate of drug-likeness (QED) is 0.0422. The summed E-state index contributed by atoms with van der Waals surface area (Å²) in [6.07, 6.45) is 9.26. The number of thioether (sulfide) groups is 1. The standard InChI is InChI=1S/C64H90F2N12O13S/c1-46-12-14-47(15-13-46)9-7-10-55(79)69-23-35-92-44-54(72-56(80)40-73-26-28-74(41-59(83)84)30-32-76(43-61(87)88)33-31-75(29-27-73)42-60(85)86)63(90)70-21-5-2-3-11-57(81)77-24-19-48(20-25-77)8-4-6-34-91-50-16-17-53-52(36-50)51(18-22-68-53)62(89)71-39-58(82)78-45-64(65,66)37-49(78)38-67/h12-18,22,36,48-49,54H,2-11,19-21,23-35,37,39-45H2,1H3,(H,69,79)(H,70,90)(H,71,89)(H,72,80)(H,83,84)(H,85,86)(H,87,88)/t49-,54+/m1/s1. The zero-order valence-corrected chi connectivity index (χ0v) is 53.5. The number of nitrogens with one attached hydrogen (secondary N) is 4. The van der Waals surface area contributed by atoms with Crippen molar-refractivity contribution in [3.63, 3.8) is 0 Å². The van der Waals surface area contributed by atoms with E-state index >= 15 is 0 Å². The largest absolute Gasteiger partial charge is 0.494 e. The number of piperidine rings is 1. The van der Waals surface area contributed by atoms with Crippen molar-refractivity contribution in [2.75, 3.05) is 136 Å². The predicted molar refractivity (Wildman–Crippen MR) is 340 cm³/mol. The van der Waals surface area contributed by atoms with Gasteiger partial charge in [-0.15, -0.1) is 0 Å². The Labute approximate surface area is 540 Å². The lowest BCUT2D eigenvalue weighted by molar-refractivity contribution is -0.140. The van der Waals surface area contributed by atoms with Gasteiger partial charge in [-0.1, -0.05) is 42.7 Å². The van der Waals surface area contributed by atoms with Gasteiger partial charge in [0.15, 0.2) is 0 Å². The summed E-state index contributed by atoms with van der Waals surface area (Å²) in [6, 6.07) is 14.4. The Bertz CT molecular complexity index is 2960. The van der Waals surface area contributed by atoms with Gasteiger partial charge in [0.1, 0.15) is 17.8 Å². The number of hydrogen-bond donors (Lipinski definition) is 7. The van der Waals surface area contributed by atoms with Gasteiger partial charge in [-0.3, -0.25) is 67.7 Å². The number of aromatic nitrogens is 1. The van der Waals surface area contributed by atoms with E-state index < -0.39 is 79.1 Å². The van der Waals surface area contributed by atoms with Crippen LogP contribution >= 0.6 is 11.8 Å². The van der Waals surface area contributed by atoms with Gasteiger partial charge in [-0.25, -0.2) is 8.78 Å². The average molecular weight is 1310 g/mol. The van der Waals surface area contributed by atoms with Crippen LogP contribution in [0.4, 0.5) is 8.78 Å². The molecule has 0 bridgehead atoms. The number of benzene rings is 2. The minimum atomic E-state index is -3.17. The topological polar surface area (TPSA) is 328 Å². The first-order chi connectivity index (χ1) is 44.1. The summed E-state index contributed by atoms with van der Waals surface area (Å²) in [7, 11) is 0. The van der Waals surface area contributed by atoms with Gasteiger partial charge in [-0.05, 0) is 94.0 Å². The summed E-state index contributed by atoms with van der Waals surface area (Å²) in [5.74, 6) is -6.97. The number of amides is 6. The lowest BCUT2D eigenvalue weighted by atomic mass is 9.91. The Hall–Kier alpha value is -7.58. The minimum Gasteiger partial charge on any atom is -0.494 e. The molecular formula is C64H90F2N12O13S. The molecule has 0 aliphatic carbocycles. The van der Waals surface area contributed by atoms with Crippen molar-refractivity contribution in [2.45, 2.75) is 108 Å². The van der Waals surface area contributed by atoms with E-state index in [2.05, 4.69) is 38.4 Å². The molecule has 2 atom stereocenters. The van der Waals surface area contributed by atoms with Gasteiger partial charge >= 0.3 is 17.9 Å². The van der Waals surface area contributed by atoms with Gasteiger partial charge in [0.05, 0.1) is 63.0 Å². The van der Waals surface area contributed by atoms with Gasteiger partial charge in [-0.2, -0.15) is 17.0 Å². The number of alkyl halides is 2. The van der Waals surface area contributed by atoms with Crippen LogP contribution < -0.4 is 26.0 Å². The lowest BCUT2D eigenvalue weighted by Gasteiger charge is -2.33. The summed E-state index contributed by atoms with van der Waals surface area (Å²) >= 11 is 1.40. The number of likely N-dealkylation sites (tertiary alicyclic amines) is 2. The van der Waals surface area contributed by atoms with Crippen LogP contribution in [-0.4, -0.2) is 257 Å². The molecule has 0 radical (unpaired) electrons. The molecule has 3 fully saturated rings. The number of aryl methyl sites for hydroxylation is 2. The number of nitriles is 1. The molecule has 3 saturated heterocycles. The second kappa shape index (κ2) is 38.4. The fraction of sp³-hybridized carbons (Fsp3) is 0.609. The number of fused-ring (bicyclic) bond motifs is 1. The van der Waals surface area contributed by atoms with Gasteiger partial charge in [0.25, 0.3) is 11.8 Å². The number of aliphatic carboxylic acids is 3. The normalized spacial score (nSPS) is 17.6. The molecule has 7 N–H and O–H groups in total.